The Morgan fingerprint density at radius 2 is 1.86 bits per heavy atom. The molecule has 2 heterocycles. The molecule has 2 aliphatic carbocycles. The molecule has 3 aliphatic rings. The van der Waals surface area contributed by atoms with Crippen LogP contribution in [0.5, 0.6) is 0 Å². The van der Waals surface area contributed by atoms with Gasteiger partial charge in [0.2, 0.25) is 5.91 Å². The van der Waals surface area contributed by atoms with Crippen molar-refractivity contribution >= 4 is 5.91 Å². The second-order valence-corrected chi connectivity index (χ2v) is 8.90. The minimum absolute atomic E-state index is 0.0962. The first-order chi connectivity index (χ1) is 13.4. The molecule has 146 valence electrons. The van der Waals surface area contributed by atoms with Crippen molar-refractivity contribution in [1.29, 1.82) is 0 Å². The van der Waals surface area contributed by atoms with Crippen LogP contribution in [0.1, 0.15) is 56.7 Å². The Morgan fingerprint density at radius 3 is 2.57 bits per heavy atom. The molecule has 1 saturated heterocycles. The van der Waals surface area contributed by atoms with E-state index in [1.165, 1.54) is 18.2 Å². The van der Waals surface area contributed by atoms with Crippen molar-refractivity contribution in [3.05, 3.63) is 47.2 Å². The van der Waals surface area contributed by atoms with Gasteiger partial charge in [-0.3, -0.25) is 4.79 Å². The summed E-state index contributed by atoms with van der Waals surface area (Å²) in [7, 11) is 0. The average Bonchev–Trinajstić information content (AvgIpc) is 3.03. The molecule has 0 radical (unpaired) electrons. The highest BCUT2D eigenvalue weighted by Gasteiger charge is 2.67. The Labute approximate surface area is 162 Å². The standard InChI is InChI=1S/C22H23F2N3O/c1-21(2)13-8-9-22(21,14-5-4-10-25-20(14)28)19-12(13)11-17(26-27-19)18-15(23)6-3-7-16(18)24/h3,6-7,11,13-14H,4-5,8-10H2,1-2H3,(H,25,28). The second kappa shape index (κ2) is 5.82. The summed E-state index contributed by atoms with van der Waals surface area (Å²) in [5.74, 6) is -1.11. The van der Waals surface area contributed by atoms with Gasteiger partial charge in [-0.25, -0.2) is 8.78 Å². The lowest BCUT2D eigenvalue weighted by Gasteiger charge is -2.44. The molecule has 6 heteroatoms. The van der Waals surface area contributed by atoms with Crippen LogP contribution in [0.15, 0.2) is 24.3 Å². The van der Waals surface area contributed by atoms with Gasteiger partial charge in [0, 0.05) is 17.9 Å². The first-order valence-electron chi connectivity index (χ1n) is 9.98. The van der Waals surface area contributed by atoms with Gasteiger partial charge in [0.05, 0.1) is 17.0 Å². The summed E-state index contributed by atoms with van der Waals surface area (Å²) in [5, 5.41) is 11.8. The molecule has 2 aromatic rings. The number of nitrogens with one attached hydrogen (secondary N) is 1. The lowest BCUT2D eigenvalue weighted by Crippen LogP contribution is -2.52. The number of amides is 1. The number of aromatic nitrogens is 2. The molecule has 4 nitrogen and oxygen atoms in total. The van der Waals surface area contributed by atoms with Crippen molar-refractivity contribution in [1.82, 2.24) is 15.5 Å². The van der Waals surface area contributed by atoms with Crippen molar-refractivity contribution in [3.8, 4) is 11.3 Å². The first-order valence-corrected chi connectivity index (χ1v) is 9.98. The molecule has 1 saturated carbocycles. The Hall–Kier alpha value is -2.37. The van der Waals surface area contributed by atoms with E-state index in [1.54, 1.807) is 6.07 Å². The van der Waals surface area contributed by atoms with E-state index in [0.29, 0.717) is 0 Å². The van der Waals surface area contributed by atoms with Gasteiger partial charge in [-0.1, -0.05) is 19.9 Å². The van der Waals surface area contributed by atoms with Crippen LogP contribution in [0.25, 0.3) is 11.3 Å². The minimum atomic E-state index is -0.641. The highest BCUT2D eigenvalue weighted by Crippen LogP contribution is 2.70. The fourth-order valence-corrected chi connectivity index (χ4v) is 6.25. The predicted octanol–water partition coefficient (Wildman–Crippen LogP) is 4.10. The third-order valence-corrected chi connectivity index (χ3v) is 7.57. The molecule has 1 aromatic heterocycles. The number of benzene rings is 1. The molecule has 1 aliphatic heterocycles. The molecule has 0 spiro atoms. The zero-order valence-corrected chi connectivity index (χ0v) is 16.1. The average molecular weight is 383 g/mol. The van der Waals surface area contributed by atoms with Crippen LogP contribution >= 0.6 is 0 Å². The summed E-state index contributed by atoms with van der Waals surface area (Å²) in [6, 6.07) is 5.61. The van der Waals surface area contributed by atoms with Gasteiger partial charge in [-0.05, 0) is 60.8 Å². The number of nitrogens with zero attached hydrogens (tertiary/aromatic N) is 2. The fourth-order valence-electron chi connectivity index (χ4n) is 6.25. The summed E-state index contributed by atoms with van der Waals surface area (Å²) in [4.78, 5) is 12.8. The summed E-state index contributed by atoms with van der Waals surface area (Å²) in [6.07, 6.45) is 3.65. The van der Waals surface area contributed by atoms with E-state index in [-0.39, 0.29) is 39.8 Å². The van der Waals surface area contributed by atoms with Crippen molar-refractivity contribution < 1.29 is 13.6 Å². The maximum absolute atomic E-state index is 14.3. The zero-order chi connectivity index (χ0) is 19.7. The van der Waals surface area contributed by atoms with Crippen LogP contribution < -0.4 is 5.32 Å². The van der Waals surface area contributed by atoms with E-state index in [4.69, 9.17) is 0 Å². The molecule has 1 N–H and O–H groups in total. The fraction of sp³-hybridized carbons (Fsp3) is 0.500. The molecule has 2 fully saturated rings. The Kier molecular flexibility index (Phi) is 3.68. The lowest BCUT2D eigenvalue weighted by atomic mass is 9.59. The van der Waals surface area contributed by atoms with Crippen molar-refractivity contribution in [3.63, 3.8) is 0 Å². The number of hydrogen-bond donors (Lipinski definition) is 1. The highest BCUT2D eigenvalue weighted by molar-refractivity contribution is 5.82. The van der Waals surface area contributed by atoms with Crippen LogP contribution in [0.4, 0.5) is 8.78 Å². The number of rotatable bonds is 2. The van der Waals surface area contributed by atoms with Crippen molar-refractivity contribution in [2.45, 2.75) is 50.9 Å². The van der Waals surface area contributed by atoms with Crippen molar-refractivity contribution in [2.75, 3.05) is 6.54 Å². The second-order valence-electron chi connectivity index (χ2n) is 8.90. The van der Waals surface area contributed by atoms with Gasteiger partial charge in [-0.2, -0.15) is 10.2 Å². The molecule has 2 bridgehead atoms. The zero-order valence-electron chi connectivity index (χ0n) is 16.1. The summed E-state index contributed by atoms with van der Waals surface area (Å²) < 4.78 is 28.6. The highest BCUT2D eigenvalue weighted by atomic mass is 19.1. The lowest BCUT2D eigenvalue weighted by molar-refractivity contribution is -0.131. The molecule has 28 heavy (non-hydrogen) atoms. The van der Waals surface area contributed by atoms with Gasteiger partial charge >= 0.3 is 0 Å². The Morgan fingerprint density at radius 1 is 1.11 bits per heavy atom. The molecule has 1 aromatic carbocycles. The van der Waals surface area contributed by atoms with Crippen LogP contribution in [0, 0.1) is 23.0 Å². The van der Waals surface area contributed by atoms with E-state index in [1.807, 2.05) is 0 Å². The van der Waals surface area contributed by atoms with E-state index in [9.17, 15) is 13.6 Å². The monoisotopic (exact) mass is 383 g/mol. The number of carbonyl (C=O) groups excluding carboxylic acids is 1. The number of fused-ring (bicyclic) bond motifs is 5. The number of halogens is 2. The van der Waals surface area contributed by atoms with E-state index in [0.717, 1.165) is 43.5 Å². The molecule has 3 unspecified atom stereocenters. The number of carbonyl (C=O) groups is 1. The molecular weight excluding hydrogens is 360 g/mol. The van der Waals surface area contributed by atoms with Crippen LogP contribution in [-0.2, 0) is 10.2 Å². The Bertz CT molecular complexity index is 969. The summed E-state index contributed by atoms with van der Waals surface area (Å²) in [6.45, 7) is 5.13. The quantitative estimate of drug-likeness (QED) is 0.849. The van der Waals surface area contributed by atoms with Gasteiger partial charge in [0.25, 0.3) is 0 Å². The smallest absolute Gasteiger partial charge is 0.224 e. The van der Waals surface area contributed by atoms with E-state index < -0.39 is 11.6 Å². The van der Waals surface area contributed by atoms with Crippen LogP contribution in [0.2, 0.25) is 0 Å². The topological polar surface area (TPSA) is 54.9 Å². The summed E-state index contributed by atoms with van der Waals surface area (Å²) >= 11 is 0. The van der Waals surface area contributed by atoms with Gasteiger partial charge in [0.15, 0.2) is 0 Å². The Balaban J connectivity index is 1.68. The third kappa shape index (κ3) is 2.06. The first kappa shape index (κ1) is 17.7. The molecule has 3 atom stereocenters. The normalized spacial score (nSPS) is 30.2. The maximum Gasteiger partial charge on any atom is 0.224 e. The molecular formula is C22H23F2N3O. The van der Waals surface area contributed by atoms with Crippen molar-refractivity contribution in [2.24, 2.45) is 11.3 Å². The number of hydrogen-bond acceptors (Lipinski definition) is 3. The third-order valence-electron chi connectivity index (χ3n) is 7.57. The molecule has 5 rings (SSSR count). The van der Waals surface area contributed by atoms with Gasteiger partial charge in [-0.15, -0.1) is 0 Å². The largest absolute Gasteiger partial charge is 0.356 e. The minimum Gasteiger partial charge on any atom is -0.356 e. The van der Waals surface area contributed by atoms with E-state index >= 15 is 0 Å². The van der Waals surface area contributed by atoms with E-state index in [2.05, 4.69) is 29.4 Å². The van der Waals surface area contributed by atoms with Crippen LogP contribution in [-0.4, -0.2) is 22.6 Å². The number of piperidine rings is 1. The van der Waals surface area contributed by atoms with Crippen LogP contribution in [0.3, 0.4) is 0 Å². The maximum atomic E-state index is 14.3. The van der Waals surface area contributed by atoms with Gasteiger partial charge in [0.1, 0.15) is 11.6 Å². The van der Waals surface area contributed by atoms with Gasteiger partial charge < -0.3 is 5.32 Å². The predicted molar refractivity (Wildman–Crippen MR) is 101 cm³/mol. The SMILES string of the molecule is CC1(C)C2CCC1(C1CCCNC1=O)c1nnc(-c3c(F)cccc3F)cc12. The molecule has 1 amide bonds. The summed E-state index contributed by atoms with van der Waals surface area (Å²) in [5.41, 5.74) is 1.43.